The molecule has 2 amide bonds. The molecule has 0 spiro atoms. The molecule has 2 heterocycles. The molecule has 3 aromatic rings. The summed E-state index contributed by atoms with van der Waals surface area (Å²) in [5, 5.41) is 8.29. The van der Waals surface area contributed by atoms with Crippen LogP contribution in [0.4, 0.5) is 16.5 Å². The van der Waals surface area contributed by atoms with Gasteiger partial charge in [0, 0.05) is 39.6 Å². The number of carbonyl (C=O) groups is 2. The molecule has 4 rings (SSSR count). The van der Waals surface area contributed by atoms with Crippen molar-refractivity contribution in [1.82, 2.24) is 4.98 Å². The third-order valence-electron chi connectivity index (χ3n) is 4.84. The van der Waals surface area contributed by atoms with Gasteiger partial charge in [-0.05, 0) is 61.4 Å². The molecule has 1 saturated heterocycles. The summed E-state index contributed by atoms with van der Waals surface area (Å²) in [6.45, 7) is 0.777. The molecule has 1 aliphatic rings. The number of nitrogens with one attached hydrogen (secondary N) is 2. The largest absolute Gasteiger partial charge is 0.326 e. The second kappa shape index (κ2) is 10.2. The topological polar surface area (TPSA) is 91.4 Å². The van der Waals surface area contributed by atoms with Crippen LogP contribution >= 0.6 is 22.9 Å². The number of carbonyl (C=O) groups excluding carboxylic acids is 2. The first kappa shape index (κ1) is 22.4. The molecule has 1 unspecified atom stereocenters. The van der Waals surface area contributed by atoms with Crippen molar-refractivity contribution in [1.29, 1.82) is 0 Å². The van der Waals surface area contributed by atoms with E-state index in [0.29, 0.717) is 32.9 Å². The van der Waals surface area contributed by atoms with Crippen LogP contribution in [-0.4, -0.2) is 33.3 Å². The number of aromatic nitrogens is 1. The molecular formula is C22H21ClN4O3S2. The number of hydrogen-bond donors (Lipinski definition) is 2. The zero-order chi connectivity index (χ0) is 22.5. The first-order valence-corrected chi connectivity index (χ1v) is 12.6. The SMILES string of the molecule is O=C(Cc1csc(NC(=O)c2ccc(Cl)cc2)n1)Nc1ccc(N2CCCCS2=O)cc1. The van der Waals surface area contributed by atoms with E-state index in [0.717, 1.165) is 25.1 Å². The molecule has 10 heteroatoms. The number of hydrogen-bond acceptors (Lipinski definition) is 5. The summed E-state index contributed by atoms with van der Waals surface area (Å²) in [6.07, 6.45) is 2.10. The smallest absolute Gasteiger partial charge is 0.257 e. The highest BCUT2D eigenvalue weighted by Gasteiger charge is 2.18. The Morgan fingerprint density at radius 1 is 1.06 bits per heavy atom. The molecule has 0 aliphatic carbocycles. The van der Waals surface area contributed by atoms with Crippen LogP contribution in [0.5, 0.6) is 0 Å². The lowest BCUT2D eigenvalue weighted by molar-refractivity contribution is -0.115. The normalized spacial score (nSPS) is 15.9. The fraction of sp³-hybridized carbons (Fsp3) is 0.227. The summed E-state index contributed by atoms with van der Waals surface area (Å²) in [4.78, 5) is 29.0. The second-order valence-corrected chi connectivity index (χ2v) is 10.00. The van der Waals surface area contributed by atoms with E-state index in [-0.39, 0.29) is 18.2 Å². The predicted molar refractivity (Wildman–Crippen MR) is 130 cm³/mol. The number of anilines is 3. The van der Waals surface area contributed by atoms with Gasteiger partial charge >= 0.3 is 0 Å². The zero-order valence-electron chi connectivity index (χ0n) is 17.0. The van der Waals surface area contributed by atoms with Crippen LogP contribution in [0.25, 0.3) is 0 Å². The van der Waals surface area contributed by atoms with Crippen LogP contribution < -0.4 is 14.9 Å². The minimum atomic E-state index is -0.985. The van der Waals surface area contributed by atoms with E-state index in [9.17, 15) is 13.8 Å². The fourth-order valence-electron chi connectivity index (χ4n) is 3.24. The van der Waals surface area contributed by atoms with Gasteiger partial charge in [0.05, 0.1) is 12.1 Å². The van der Waals surface area contributed by atoms with Crippen LogP contribution in [0.1, 0.15) is 28.9 Å². The van der Waals surface area contributed by atoms with Gasteiger partial charge in [0.25, 0.3) is 5.91 Å². The summed E-state index contributed by atoms with van der Waals surface area (Å²) in [7, 11) is -0.985. The van der Waals surface area contributed by atoms with E-state index in [4.69, 9.17) is 11.6 Å². The quantitative estimate of drug-likeness (QED) is 0.534. The highest BCUT2D eigenvalue weighted by Crippen LogP contribution is 2.23. The molecule has 2 N–H and O–H groups in total. The maximum absolute atomic E-state index is 12.4. The number of thiazole rings is 1. The molecule has 0 bridgehead atoms. The van der Waals surface area contributed by atoms with Crippen molar-refractivity contribution in [3.05, 3.63) is 70.2 Å². The molecular weight excluding hydrogens is 468 g/mol. The minimum absolute atomic E-state index is 0.0885. The van der Waals surface area contributed by atoms with Crippen LogP contribution in [0.15, 0.2) is 53.9 Å². The van der Waals surface area contributed by atoms with E-state index < -0.39 is 11.0 Å². The van der Waals surface area contributed by atoms with Crippen molar-refractivity contribution in [3.8, 4) is 0 Å². The van der Waals surface area contributed by atoms with Gasteiger partial charge in [-0.15, -0.1) is 11.3 Å². The number of nitrogens with zero attached hydrogens (tertiary/aromatic N) is 2. The molecule has 166 valence electrons. The van der Waals surface area contributed by atoms with E-state index in [1.54, 1.807) is 41.8 Å². The maximum Gasteiger partial charge on any atom is 0.257 e. The predicted octanol–water partition coefficient (Wildman–Crippen LogP) is 4.49. The van der Waals surface area contributed by atoms with Crippen molar-refractivity contribution >= 4 is 62.2 Å². The highest BCUT2D eigenvalue weighted by molar-refractivity contribution is 7.86. The molecule has 2 aromatic carbocycles. The van der Waals surface area contributed by atoms with Crippen molar-refractivity contribution in [3.63, 3.8) is 0 Å². The third-order valence-corrected chi connectivity index (χ3v) is 7.42. The molecule has 0 saturated carbocycles. The highest BCUT2D eigenvalue weighted by atomic mass is 35.5. The minimum Gasteiger partial charge on any atom is -0.326 e. The summed E-state index contributed by atoms with van der Waals surface area (Å²) in [6, 6.07) is 13.9. The van der Waals surface area contributed by atoms with Crippen LogP contribution in [0, 0.1) is 0 Å². The lowest BCUT2D eigenvalue weighted by Crippen LogP contribution is -2.32. The van der Waals surface area contributed by atoms with Crippen LogP contribution in [0.3, 0.4) is 0 Å². The lowest BCUT2D eigenvalue weighted by atomic mass is 10.2. The second-order valence-electron chi connectivity index (χ2n) is 7.21. The molecule has 1 fully saturated rings. The average Bonchev–Trinajstić information content (AvgIpc) is 3.21. The summed E-state index contributed by atoms with van der Waals surface area (Å²) in [5.41, 5.74) is 2.59. The Morgan fingerprint density at radius 2 is 1.81 bits per heavy atom. The lowest BCUT2D eigenvalue weighted by Gasteiger charge is -2.27. The standard InChI is InChI=1S/C22H21ClN4O3S2/c23-16-5-3-15(4-6-16)21(29)26-22-25-18(14-31-22)13-20(28)24-17-7-9-19(10-8-17)27-11-1-2-12-32(27)30/h3-10,14H,1-2,11-13H2,(H,24,28)(H,25,26,29). The molecule has 7 nitrogen and oxygen atoms in total. The Hall–Kier alpha value is -2.75. The van der Waals surface area contributed by atoms with Gasteiger partial charge in [-0.1, -0.05) is 11.6 Å². The van der Waals surface area contributed by atoms with Gasteiger partial charge in [-0.2, -0.15) is 0 Å². The molecule has 1 atom stereocenters. The maximum atomic E-state index is 12.4. The number of halogens is 1. The van der Waals surface area contributed by atoms with Crippen LogP contribution in [-0.2, 0) is 22.2 Å². The van der Waals surface area contributed by atoms with E-state index in [1.807, 2.05) is 16.4 Å². The van der Waals surface area contributed by atoms with E-state index in [1.165, 1.54) is 11.3 Å². The first-order valence-electron chi connectivity index (χ1n) is 10.1. The molecule has 32 heavy (non-hydrogen) atoms. The van der Waals surface area contributed by atoms with Crippen molar-refractivity contribution in [2.75, 3.05) is 27.2 Å². The number of benzene rings is 2. The molecule has 1 aliphatic heterocycles. The Labute approximate surface area is 197 Å². The van der Waals surface area contributed by atoms with Gasteiger partial charge in [0.2, 0.25) is 5.91 Å². The van der Waals surface area contributed by atoms with Gasteiger partial charge in [0.1, 0.15) is 11.0 Å². The van der Waals surface area contributed by atoms with Crippen molar-refractivity contribution in [2.45, 2.75) is 19.3 Å². The summed E-state index contributed by atoms with van der Waals surface area (Å²) >= 11 is 7.10. The van der Waals surface area contributed by atoms with Gasteiger partial charge < -0.3 is 5.32 Å². The van der Waals surface area contributed by atoms with E-state index in [2.05, 4.69) is 15.6 Å². The Kier molecular flexibility index (Phi) is 7.19. The molecule has 0 radical (unpaired) electrons. The number of rotatable bonds is 6. The summed E-state index contributed by atoms with van der Waals surface area (Å²) < 4.78 is 14.0. The Balaban J connectivity index is 1.30. The zero-order valence-corrected chi connectivity index (χ0v) is 19.4. The number of amides is 2. The monoisotopic (exact) mass is 488 g/mol. The van der Waals surface area contributed by atoms with Crippen LogP contribution in [0.2, 0.25) is 5.02 Å². The van der Waals surface area contributed by atoms with Gasteiger partial charge in [0.15, 0.2) is 5.13 Å². The first-order chi connectivity index (χ1) is 15.5. The van der Waals surface area contributed by atoms with E-state index >= 15 is 0 Å². The molecule has 1 aromatic heterocycles. The Morgan fingerprint density at radius 3 is 2.53 bits per heavy atom. The van der Waals surface area contributed by atoms with Gasteiger partial charge in [-0.25, -0.2) is 9.19 Å². The van der Waals surface area contributed by atoms with Gasteiger partial charge in [-0.3, -0.25) is 19.2 Å². The summed E-state index contributed by atoms with van der Waals surface area (Å²) in [5.74, 6) is 0.191. The van der Waals surface area contributed by atoms with Crippen molar-refractivity contribution in [2.24, 2.45) is 0 Å². The fourth-order valence-corrected chi connectivity index (χ4v) is 5.43. The van der Waals surface area contributed by atoms with Crippen molar-refractivity contribution < 1.29 is 13.8 Å². The third kappa shape index (κ3) is 5.73. The average molecular weight is 489 g/mol. The Bertz CT molecular complexity index is 1130.